The average Bonchev–Trinajstić information content (AvgIpc) is 3.60. The molecule has 0 fully saturated rings. The minimum Gasteiger partial charge on any atom is -0.481 e. The predicted octanol–water partition coefficient (Wildman–Crippen LogP) is 7.02. The first-order valence-electron chi connectivity index (χ1n) is 14.5. The van der Waals surface area contributed by atoms with Crippen LogP contribution in [0.15, 0.2) is 24.8 Å². The van der Waals surface area contributed by atoms with Gasteiger partial charge >= 0.3 is 17.9 Å². The summed E-state index contributed by atoms with van der Waals surface area (Å²) in [5.41, 5.74) is 6.18. The fourth-order valence-corrected chi connectivity index (χ4v) is 6.67. The van der Waals surface area contributed by atoms with Gasteiger partial charge in [0.15, 0.2) is 0 Å². The predicted molar refractivity (Wildman–Crippen MR) is 164 cm³/mol. The number of aryl methyl sites for hydroxylation is 2. The molecule has 5 N–H and O–H groups in total. The van der Waals surface area contributed by atoms with E-state index in [1.54, 1.807) is 13.0 Å². The number of fused-ring (bicyclic) bond motifs is 8. The Labute approximate surface area is 248 Å². The minimum absolute atomic E-state index is 0.0638. The summed E-state index contributed by atoms with van der Waals surface area (Å²) in [6.45, 7) is 13.7. The van der Waals surface area contributed by atoms with Crippen LogP contribution in [0, 0.1) is 13.8 Å². The smallest absolute Gasteiger partial charge is 0.339 e. The summed E-state index contributed by atoms with van der Waals surface area (Å²) in [6.07, 6.45) is 2.53. The van der Waals surface area contributed by atoms with E-state index in [0.717, 1.165) is 40.0 Å². The summed E-state index contributed by atoms with van der Waals surface area (Å²) in [4.78, 5) is 53.5. The molecule has 0 amide bonds. The second-order valence-electron chi connectivity index (χ2n) is 11.5. The standard InChI is InChI=1S/C33H36N4O6/c1-7-18-14(3)21-11-23-16(5)20(9-10-27(38)39)30(36-23)29(33(42)43)31-28(32(40)41)17(6)24(37-31)13-26-19(8-2)15(4)22(35-26)12-25(18)34-21/h7,11-13,15-16,19-20,34,37H,1,8-10H2,2-6H3,(H,38,39)(H,40,41)(H,42,43)/t15?,16-,19?,20-/m1/s1. The lowest BCUT2D eigenvalue weighted by Crippen LogP contribution is -2.11. The van der Waals surface area contributed by atoms with Crippen LogP contribution in [0.5, 0.6) is 0 Å². The number of hydrogen-bond donors (Lipinski definition) is 5. The lowest BCUT2D eigenvalue weighted by Gasteiger charge is -2.16. The van der Waals surface area contributed by atoms with Crippen molar-refractivity contribution < 1.29 is 29.7 Å². The molecule has 0 aliphatic carbocycles. The number of H-pyrrole nitrogens is 2. The third-order valence-electron chi connectivity index (χ3n) is 9.16. The highest BCUT2D eigenvalue weighted by molar-refractivity contribution is 6.08. The van der Waals surface area contributed by atoms with Crippen LogP contribution in [-0.4, -0.2) is 53.2 Å². The molecule has 8 bridgehead atoms. The van der Waals surface area contributed by atoms with E-state index >= 15 is 0 Å². The van der Waals surface area contributed by atoms with Crippen LogP contribution >= 0.6 is 0 Å². The summed E-state index contributed by atoms with van der Waals surface area (Å²) >= 11 is 0. The molecule has 2 unspecified atom stereocenters. The Morgan fingerprint density at radius 1 is 0.837 bits per heavy atom. The van der Waals surface area contributed by atoms with Crippen molar-refractivity contribution >= 4 is 46.1 Å². The van der Waals surface area contributed by atoms with Crippen LogP contribution in [0.25, 0.3) is 28.1 Å². The van der Waals surface area contributed by atoms with Gasteiger partial charge in [-0.15, -0.1) is 0 Å². The van der Waals surface area contributed by atoms with E-state index in [-0.39, 0.29) is 52.9 Å². The fraction of sp³-hybridized carbons (Fsp3) is 0.364. The molecule has 224 valence electrons. The van der Waals surface area contributed by atoms with Gasteiger partial charge in [-0.1, -0.05) is 33.4 Å². The number of rotatable bonds is 7. The third-order valence-corrected chi connectivity index (χ3v) is 9.16. The van der Waals surface area contributed by atoms with Crippen molar-refractivity contribution in [1.29, 1.82) is 0 Å². The second kappa shape index (κ2) is 11.2. The van der Waals surface area contributed by atoms with Crippen molar-refractivity contribution in [1.82, 2.24) is 19.9 Å². The zero-order chi connectivity index (χ0) is 31.3. The van der Waals surface area contributed by atoms with Gasteiger partial charge in [0.1, 0.15) is 5.56 Å². The van der Waals surface area contributed by atoms with Gasteiger partial charge in [0, 0.05) is 69.3 Å². The largest absolute Gasteiger partial charge is 0.481 e. The van der Waals surface area contributed by atoms with E-state index in [2.05, 4.69) is 30.4 Å². The molecule has 2 aliphatic heterocycles. The number of hydrogen-bond acceptors (Lipinski definition) is 5. The van der Waals surface area contributed by atoms with E-state index in [4.69, 9.17) is 9.97 Å². The lowest BCUT2D eigenvalue weighted by molar-refractivity contribution is -0.137. The van der Waals surface area contributed by atoms with Gasteiger partial charge < -0.3 is 25.3 Å². The molecule has 10 heteroatoms. The Morgan fingerprint density at radius 3 is 2.02 bits per heavy atom. The topological polar surface area (TPSA) is 169 Å². The van der Waals surface area contributed by atoms with Gasteiger partial charge in [-0.05, 0) is 56.0 Å². The molecule has 0 spiro atoms. The number of nitrogens with zero attached hydrogens (tertiary/aromatic N) is 2. The maximum atomic E-state index is 12.9. The molecule has 5 rings (SSSR count). The first-order chi connectivity index (χ1) is 20.4. The average molecular weight is 585 g/mol. The van der Waals surface area contributed by atoms with Crippen LogP contribution < -0.4 is 0 Å². The molecule has 0 saturated heterocycles. The van der Waals surface area contributed by atoms with E-state index in [1.807, 2.05) is 32.0 Å². The molecular weight excluding hydrogens is 548 g/mol. The normalized spacial score (nSPS) is 19.7. The number of carbonyl (C=O) groups is 3. The number of aliphatic carboxylic acids is 1. The minimum atomic E-state index is -1.35. The zero-order valence-electron chi connectivity index (χ0n) is 24.9. The van der Waals surface area contributed by atoms with Crippen molar-refractivity contribution in [3.05, 3.63) is 75.4 Å². The molecule has 3 aromatic heterocycles. The van der Waals surface area contributed by atoms with Crippen molar-refractivity contribution in [2.45, 2.75) is 77.6 Å². The van der Waals surface area contributed by atoms with Crippen LogP contribution in [0.3, 0.4) is 0 Å². The number of carboxylic acid groups (broad SMARTS) is 3. The van der Waals surface area contributed by atoms with Crippen molar-refractivity contribution in [2.24, 2.45) is 0 Å². The number of aromatic nitrogens is 4. The van der Waals surface area contributed by atoms with Crippen LogP contribution in [0.2, 0.25) is 0 Å². The summed E-state index contributed by atoms with van der Waals surface area (Å²) in [7, 11) is 0. The Morgan fingerprint density at radius 2 is 1.42 bits per heavy atom. The van der Waals surface area contributed by atoms with E-state index < -0.39 is 23.8 Å². The molecule has 5 heterocycles. The van der Waals surface area contributed by atoms with Gasteiger partial charge in [0.05, 0.1) is 16.8 Å². The first kappa shape index (κ1) is 29.8. The van der Waals surface area contributed by atoms with E-state index in [9.17, 15) is 29.7 Å². The van der Waals surface area contributed by atoms with Crippen molar-refractivity contribution in [3.8, 4) is 0 Å². The summed E-state index contributed by atoms with van der Waals surface area (Å²) < 4.78 is 0. The Balaban J connectivity index is 2.03. The number of carboxylic acids is 3. The Bertz CT molecular complexity index is 1850. The van der Waals surface area contributed by atoms with Gasteiger partial charge in [0.25, 0.3) is 0 Å². The first-order valence-corrected chi connectivity index (χ1v) is 14.5. The maximum absolute atomic E-state index is 12.9. The third kappa shape index (κ3) is 5.00. The van der Waals surface area contributed by atoms with Gasteiger partial charge in [0.2, 0.25) is 0 Å². The van der Waals surface area contributed by atoms with Gasteiger partial charge in [-0.2, -0.15) is 0 Å². The number of nitrogens with one attached hydrogen (secondary N) is 2. The molecule has 0 saturated carbocycles. The van der Waals surface area contributed by atoms with Crippen molar-refractivity contribution in [3.63, 3.8) is 0 Å². The van der Waals surface area contributed by atoms with Crippen molar-refractivity contribution in [2.75, 3.05) is 0 Å². The highest BCUT2D eigenvalue weighted by atomic mass is 16.4. The second-order valence-corrected chi connectivity index (χ2v) is 11.5. The fourth-order valence-electron chi connectivity index (χ4n) is 6.67. The van der Waals surface area contributed by atoms with Crippen LogP contribution in [0.1, 0.15) is 124 Å². The molecule has 4 atom stereocenters. The zero-order valence-corrected chi connectivity index (χ0v) is 24.9. The van der Waals surface area contributed by atoms with Crippen LogP contribution in [-0.2, 0) is 4.79 Å². The molecule has 0 aromatic carbocycles. The van der Waals surface area contributed by atoms with Crippen LogP contribution in [0.4, 0.5) is 0 Å². The van der Waals surface area contributed by atoms with E-state index in [1.165, 1.54) is 0 Å². The Kier molecular flexibility index (Phi) is 7.72. The van der Waals surface area contributed by atoms with Gasteiger partial charge in [-0.3, -0.25) is 14.8 Å². The molecule has 0 radical (unpaired) electrons. The van der Waals surface area contributed by atoms with E-state index in [0.29, 0.717) is 16.8 Å². The maximum Gasteiger partial charge on any atom is 0.339 e. The monoisotopic (exact) mass is 584 g/mol. The summed E-state index contributed by atoms with van der Waals surface area (Å²) in [5.74, 6) is -4.38. The highest BCUT2D eigenvalue weighted by Gasteiger charge is 2.35. The summed E-state index contributed by atoms with van der Waals surface area (Å²) in [5, 5.41) is 30.3. The molecule has 2 aliphatic rings. The summed E-state index contributed by atoms with van der Waals surface area (Å²) in [6, 6.07) is 5.70. The quantitative estimate of drug-likeness (QED) is 0.197. The molecular formula is C33H36N4O6. The van der Waals surface area contributed by atoms with Gasteiger partial charge in [-0.25, -0.2) is 9.59 Å². The molecule has 10 nitrogen and oxygen atoms in total. The number of aromatic carboxylic acids is 2. The Hall–Kier alpha value is -4.73. The molecule has 43 heavy (non-hydrogen) atoms. The lowest BCUT2D eigenvalue weighted by atomic mass is 9.85. The number of aromatic amines is 2. The molecule has 3 aromatic rings. The SMILES string of the molecule is C=Cc1c(C)c2cc3nc(c(C(=O)O)c4[nH]c(cc5nc(cc1[nH]2)C(C)C5CC)c(C)c4C(=O)O)[C@H](CCC(=O)O)[C@H]3C. The highest BCUT2D eigenvalue weighted by Crippen LogP contribution is 2.43.